The Balaban J connectivity index is 2.00. The Morgan fingerprint density at radius 3 is 2.69 bits per heavy atom. The van der Waals surface area contributed by atoms with E-state index in [0.717, 1.165) is 12.6 Å². The Hall–Kier alpha value is -0.860. The molecule has 0 amide bonds. The van der Waals surface area contributed by atoms with Crippen LogP contribution in [0.5, 0.6) is 0 Å². The highest BCUT2D eigenvalue weighted by atomic mass is 15.5. The van der Waals surface area contributed by atoms with Crippen molar-refractivity contribution in [1.29, 1.82) is 0 Å². The predicted octanol–water partition coefficient (Wildman–Crippen LogP) is 1.15. The van der Waals surface area contributed by atoms with Gasteiger partial charge in [0.05, 0.1) is 5.66 Å². The fourth-order valence-electron chi connectivity index (χ4n) is 2.35. The molecule has 2 nitrogen and oxygen atoms in total. The van der Waals surface area contributed by atoms with Crippen LogP contribution in [0.1, 0.15) is 12.5 Å². The minimum atomic E-state index is 0.103. The van der Waals surface area contributed by atoms with Gasteiger partial charge in [0.25, 0.3) is 0 Å². The second-order valence-corrected chi connectivity index (χ2v) is 4.13. The monoisotopic (exact) mass is 174 g/mol. The largest absolute Gasteiger partial charge is 0.294 e. The maximum atomic E-state index is 3.57. The van der Waals surface area contributed by atoms with E-state index in [1.54, 1.807) is 0 Å². The molecular formula is C11H14N2. The molecule has 0 aromatic heterocycles. The summed E-state index contributed by atoms with van der Waals surface area (Å²) in [5, 5.41) is 3.57. The normalized spacial score (nSPS) is 41.6. The van der Waals surface area contributed by atoms with Crippen LogP contribution < -0.4 is 5.32 Å². The molecule has 0 saturated carbocycles. The minimum absolute atomic E-state index is 0.103. The Morgan fingerprint density at radius 1 is 1.38 bits per heavy atom. The fraction of sp³-hybridized carbons (Fsp3) is 0.455. The molecular weight excluding hydrogens is 160 g/mol. The Kier molecular flexibility index (Phi) is 1.35. The Morgan fingerprint density at radius 2 is 2.15 bits per heavy atom. The summed E-state index contributed by atoms with van der Waals surface area (Å²) < 4.78 is 0. The van der Waals surface area contributed by atoms with Crippen LogP contribution in [0.4, 0.5) is 0 Å². The molecule has 2 aliphatic heterocycles. The van der Waals surface area contributed by atoms with Gasteiger partial charge in [0.2, 0.25) is 0 Å². The molecule has 0 radical (unpaired) electrons. The average Bonchev–Trinajstić information content (AvgIpc) is 2.90. The van der Waals surface area contributed by atoms with Gasteiger partial charge in [-0.3, -0.25) is 10.2 Å². The molecule has 2 heterocycles. The van der Waals surface area contributed by atoms with Crippen molar-refractivity contribution in [2.45, 2.75) is 18.6 Å². The molecule has 0 spiro atoms. The van der Waals surface area contributed by atoms with Gasteiger partial charge in [-0.05, 0) is 12.5 Å². The highest BCUT2D eigenvalue weighted by Gasteiger charge is 2.53. The lowest BCUT2D eigenvalue weighted by Crippen LogP contribution is -2.41. The summed E-state index contributed by atoms with van der Waals surface area (Å²) in [6.07, 6.45) is 0. The van der Waals surface area contributed by atoms with Gasteiger partial charge in [-0.2, -0.15) is 0 Å². The molecule has 3 atom stereocenters. The fourth-order valence-corrected chi connectivity index (χ4v) is 2.35. The SMILES string of the molecule is CC1(c2ccccc2)NCC2CN21. The van der Waals surface area contributed by atoms with Crippen molar-refractivity contribution in [2.75, 3.05) is 13.1 Å². The number of nitrogens with zero attached hydrogens (tertiary/aromatic N) is 1. The van der Waals surface area contributed by atoms with Crippen LogP contribution in [0, 0.1) is 0 Å². The van der Waals surface area contributed by atoms with Gasteiger partial charge in [-0.1, -0.05) is 30.3 Å². The zero-order valence-corrected chi connectivity index (χ0v) is 7.83. The molecule has 2 fully saturated rings. The highest BCUT2D eigenvalue weighted by molar-refractivity contribution is 5.28. The molecule has 2 aliphatic rings. The summed E-state index contributed by atoms with van der Waals surface area (Å²) in [6, 6.07) is 11.5. The number of nitrogens with one attached hydrogen (secondary N) is 1. The first-order chi connectivity index (χ1) is 6.31. The molecule has 0 aliphatic carbocycles. The van der Waals surface area contributed by atoms with Gasteiger partial charge in [-0.25, -0.2) is 0 Å². The van der Waals surface area contributed by atoms with Gasteiger partial charge < -0.3 is 0 Å². The smallest absolute Gasteiger partial charge is 0.0950 e. The Labute approximate surface area is 78.6 Å². The topological polar surface area (TPSA) is 15.0 Å². The second-order valence-electron chi connectivity index (χ2n) is 4.13. The van der Waals surface area contributed by atoms with Crippen LogP contribution in [-0.4, -0.2) is 24.0 Å². The first-order valence-corrected chi connectivity index (χ1v) is 4.88. The summed E-state index contributed by atoms with van der Waals surface area (Å²) in [5.41, 5.74) is 1.49. The number of fused-ring (bicyclic) bond motifs is 1. The Bertz CT molecular complexity index is 322. The van der Waals surface area contributed by atoms with Crippen molar-refractivity contribution in [3.8, 4) is 0 Å². The molecule has 68 valence electrons. The molecule has 13 heavy (non-hydrogen) atoms. The van der Waals surface area contributed by atoms with Crippen LogP contribution in [0.3, 0.4) is 0 Å². The van der Waals surface area contributed by atoms with Gasteiger partial charge in [0, 0.05) is 19.1 Å². The van der Waals surface area contributed by atoms with Crippen molar-refractivity contribution < 1.29 is 0 Å². The summed E-state index contributed by atoms with van der Waals surface area (Å²) >= 11 is 0. The van der Waals surface area contributed by atoms with E-state index in [1.165, 1.54) is 12.1 Å². The van der Waals surface area contributed by atoms with Gasteiger partial charge in [0.1, 0.15) is 0 Å². The van der Waals surface area contributed by atoms with Crippen molar-refractivity contribution >= 4 is 0 Å². The van der Waals surface area contributed by atoms with Crippen LogP contribution in [0.15, 0.2) is 30.3 Å². The number of hydrogen-bond donors (Lipinski definition) is 1. The number of rotatable bonds is 1. The number of benzene rings is 1. The van der Waals surface area contributed by atoms with Crippen molar-refractivity contribution in [3.63, 3.8) is 0 Å². The summed E-state index contributed by atoms with van der Waals surface area (Å²) in [5.74, 6) is 0. The lowest BCUT2D eigenvalue weighted by molar-refractivity contribution is 0.244. The third-order valence-corrected chi connectivity index (χ3v) is 3.31. The molecule has 3 unspecified atom stereocenters. The number of hydrogen-bond acceptors (Lipinski definition) is 2. The van der Waals surface area contributed by atoms with Gasteiger partial charge in [0.15, 0.2) is 0 Å². The molecule has 1 aromatic rings. The van der Waals surface area contributed by atoms with E-state index >= 15 is 0 Å². The maximum Gasteiger partial charge on any atom is 0.0950 e. The molecule has 0 bridgehead atoms. The van der Waals surface area contributed by atoms with Crippen LogP contribution in [0.25, 0.3) is 0 Å². The van der Waals surface area contributed by atoms with E-state index in [4.69, 9.17) is 0 Å². The van der Waals surface area contributed by atoms with Crippen LogP contribution in [-0.2, 0) is 5.66 Å². The van der Waals surface area contributed by atoms with E-state index in [0.29, 0.717) is 0 Å². The van der Waals surface area contributed by atoms with Crippen LogP contribution in [0.2, 0.25) is 0 Å². The first kappa shape index (κ1) is 7.54. The zero-order valence-electron chi connectivity index (χ0n) is 7.83. The zero-order chi connectivity index (χ0) is 8.89. The summed E-state index contributed by atoms with van der Waals surface area (Å²) in [7, 11) is 0. The predicted molar refractivity (Wildman–Crippen MR) is 52.3 cm³/mol. The van der Waals surface area contributed by atoms with E-state index in [-0.39, 0.29) is 5.66 Å². The highest BCUT2D eigenvalue weighted by Crippen LogP contribution is 2.39. The lowest BCUT2D eigenvalue weighted by atomic mass is 10.0. The van der Waals surface area contributed by atoms with Crippen molar-refractivity contribution in [1.82, 2.24) is 10.2 Å². The summed E-state index contributed by atoms with van der Waals surface area (Å²) in [6.45, 7) is 4.68. The lowest BCUT2D eigenvalue weighted by Gasteiger charge is -2.28. The van der Waals surface area contributed by atoms with Gasteiger partial charge >= 0.3 is 0 Å². The van der Waals surface area contributed by atoms with E-state index < -0.39 is 0 Å². The third-order valence-electron chi connectivity index (χ3n) is 3.31. The summed E-state index contributed by atoms with van der Waals surface area (Å²) in [4.78, 5) is 2.52. The van der Waals surface area contributed by atoms with Crippen molar-refractivity contribution in [2.24, 2.45) is 0 Å². The molecule has 3 rings (SSSR count). The van der Waals surface area contributed by atoms with Crippen LogP contribution >= 0.6 is 0 Å². The molecule has 2 saturated heterocycles. The minimum Gasteiger partial charge on any atom is -0.294 e. The van der Waals surface area contributed by atoms with E-state index in [9.17, 15) is 0 Å². The van der Waals surface area contributed by atoms with E-state index in [1.807, 2.05) is 0 Å². The van der Waals surface area contributed by atoms with Crippen molar-refractivity contribution in [3.05, 3.63) is 35.9 Å². The standard InChI is InChI=1S/C11H14N2/c1-11(9-5-3-2-4-6-9)12-7-10-8-13(10)11/h2-6,10,12H,7-8H2,1H3. The molecule has 1 N–H and O–H groups in total. The molecule has 1 aromatic carbocycles. The molecule has 2 heteroatoms. The first-order valence-electron chi connectivity index (χ1n) is 4.88. The second kappa shape index (κ2) is 2.34. The maximum absolute atomic E-state index is 3.57. The quantitative estimate of drug-likeness (QED) is 0.642. The third kappa shape index (κ3) is 0.960. The van der Waals surface area contributed by atoms with E-state index in [2.05, 4.69) is 47.5 Å². The average molecular weight is 174 g/mol. The van der Waals surface area contributed by atoms with Gasteiger partial charge in [-0.15, -0.1) is 0 Å².